The maximum atomic E-state index is 10.6. The van der Waals surface area contributed by atoms with Crippen LogP contribution in [0.2, 0.25) is 0 Å². The van der Waals surface area contributed by atoms with Crippen LogP contribution in [0.4, 0.5) is 13.2 Å². The molecule has 0 spiro atoms. The number of imidazole rings is 1. The summed E-state index contributed by atoms with van der Waals surface area (Å²) in [6, 6.07) is 32.1. The molecule has 0 saturated carbocycles. The third kappa shape index (κ3) is 7.47. The number of hydrogen-bond donors (Lipinski definition) is 3. The number of fused-ring (bicyclic) bond motifs is 1. The molecule has 0 aliphatic carbocycles. The number of aromatic amines is 1. The van der Waals surface area contributed by atoms with Crippen LogP contribution in [0.1, 0.15) is 28.1 Å². The summed E-state index contributed by atoms with van der Waals surface area (Å²) in [5.41, 5.74) is 12.4. The Bertz CT molecular complexity index is 1920. The Hall–Kier alpha value is -5.22. The highest BCUT2D eigenvalue weighted by molar-refractivity contribution is 5.82. The molecule has 4 aromatic carbocycles. The van der Waals surface area contributed by atoms with Gasteiger partial charge in [-0.25, -0.2) is 9.78 Å². The zero-order valence-corrected chi connectivity index (χ0v) is 24.9. The van der Waals surface area contributed by atoms with Crippen molar-refractivity contribution in [3.8, 4) is 33.6 Å². The van der Waals surface area contributed by atoms with Crippen molar-refractivity contribution < 1.29 is 27.6 Å². The van der Waals surface area contributed by atoms with Gasteiger partial charge in [0.25, 0.3) is 0 Å². The molecule has 0 unspecified atom stereocenters. The van der Waals surface area contributed by atoms with Crippen molar-refractivity contribution >= 4 is 17.0 Å². The molecule has 6 aromatic rings. The number of carboxylic acids is 1. The van der Waals surface area contributed by atoms with E-state index in [4.69, 9.17) is 19.4 Å². The van der Waals surface area contributed by atoms with Crippen molar-refractivity contribution in [3.63, 3.8) is 0 Å². The fourth-order valence-electron chi connectivity index (χ4n) is 5.08. The molecule has 0 radical (unpaired) electrons. The number of H-pyrrole nitrogens is 1. The van der Waals surface area contributed by atoms with Crippen molar-refractivity contribution in [2.24, 2.45) is 0 Å². The molecule has 6 rings (SSSR count). The van der Waals surface area contributed by atoms with E-state index in [0.717, 1.165) is 58.1 Å². The summed E-state index contributed by atoms with van der Waals surface area (Å²) in [4.78, 5) is 17.2. The van der Waals surface area contributed by atoms with Crippen LogP contribution in [0.3, 0.4) is 0 Å². The third-order valence-corrected chi connectivity index (χ3v) is 7.28. The van der Waals surface area contributed by atoms with E-state index in [1.54, 1.807) is 0 Å². The van der Waals surface area contributed by atoms with Crippen molar-refractivity contribution in [1.82, 2.24) is 20.4 Å². The van der Waals surface area contributed by atoms with E-state index < -0.39 is 12.1 Å². The van der Waals surface area contributed by atoms with Crippen molar-refractivity contribution in [2.75, 3.05) is 0 Å². The first-order valence-corrected chi connectivity index (χ1v) is 14.2. The molecule has 0 aliphatic rings. The van der Waals surface area contributed by atoms with Crippen molar-refractivity contribution in [1.29, 1.82) is 0 Å². The molecule has 0 bridgehead atoms. The maximum Gasteiger partial charge on any atom is 0.490 e. The number of rotatable bonds is 7. The fourth-order valence-corrected chi connectivity index (χ4v) is 5.08. The second-order valence-corrected chi connectivity index (χ2v) is 10.6. The second-order valence-electron chi connectivity index (χ2n) is 10.6. The Morgan fingerprint density at radius 2 is 1.40 bits per heavy atom. The molecule has 0 aliphatic heterocycles. The summed E-state index contributed by atoms with van der Waals surface area (Å²) in [5, 5.41) is 14.8. The molecule has 0 amide bonds. The number of benzene rings is 4. The fraction of sp³-hybridized carbons (Fsp3) is 0.171. The minimum atomic E-state index is -5.08. The standard InChI is InChI=1S/C33H30N4O.C2HF3O2/c1-21-7-4-12-30-32(21)36-33(35-30)27-15-13-26(14-16-27)28-10-5-8-24(17-28)19-34-20-25-9-6-11-29(18-25)31-22(2)37-38-23(31)3;3-2(4,5)1(6)7/h4-18,34H,19-20H2,1-3H3,(H,35,36);(H,6,7). The van der Waals surface area contributed by atoms with Crippen LogP contribution in [-0.2, 0) is 17.9 Å². The molecule has 0 atom stereocenters. The molecular weight excluding hydrogens is 581 g/mol. The summed E-state index contributed by atoms with van der Waals surface area (Å²) in [5.74, 6) is -1.00. The van der Waals surface area contributed by atoms with Crippen LogP contribution in [0.5, 0.6) is 0 Å². The highest BCUT2D eigenvalue weighted by Gasteiger charge is 2.38. The zero-order chi connectivity index (χ0) is 32.1. The van der Waals surface area contributed by atoms with Gasteiger partial charge in [-0.3, -0.25) is 0 Å². The lowest BCUT2D eigenvalue weighted by molar-refractivity contribution is -0.192. The van der Waals surface area contributed by atoms with E-state index in [0.29, 0.717) is 0 Å². The van der Waals surface area contributed by atoms with Crippen LogP contribution >= 0.6 is 0 Å². The van der Waals surface area contributed by atoms with Gasteiger partial charge in [-0.2, -0.15) is 13.2 Å². The maximum absolute atomic E-state index is 10.6. The topological polar surface area (TPSA) is 104 Å². The first kappa shape index (κ1) is 31.2. The molecule has 0 saturated heterocycles. The second kappa shape index (κ2) is 13.2. The predicted octanol–water partition coefficient (Wildman–Crippen LogP) is 8.40. The lowest BCUT2D eigenvalue weighted by Crippen LogP contribution is -2.21. The van der Waals surface area contributed by atoms with Crippen LogP contribution in [0, 0.1) is 20.8 Å². The Kier molecular flexibility index (Phi) is 9.15. The molecule has 230 valence electrons. The summed E-state index contributed by atoms with van der Waals surface area (Å²) >= 11 is 0. The predicted molar refractivity (Wildman–Crippen MR) is 167 cm³/mol. The molecule has 7 nitrogen and oxygen atoms in total. The van der Waals surface area contributed by atoms with E-state index in [9.17, 15) is 13.2 Å². The van der Waals surface area contributed by atoms with Crippen LogP contribution in [0.15, 0.2) is 95.5 Å². The van der Waals surface area contributed by atoms with E-state index in [-0.39, 0.29) is 0 Å². The number of hydrogen-bond acceptors (Lipinski definition) is 5. The van der Waals surface area contributed by atoms with E-state index in [1.807, 2.05) is 13.8 Å². The lowest BCUT2D eigenvalue weighted by Gasteiger charge is -2.09. The minimum Gasteiger partial charge on any atom is -0.475 e. The van der Waals surface area contributed by atoms with Crippen LogP contribution in [-0.4, -0.2) is 32.4 Å². The van der Waals surface area contributed by atoms with Gasteiger partial charge in [-0.05, 0) is 72.4 Å². The van der Waals surface area contributed by atoms with Crippen LogP contribution in [0.25, 0.3) is 44.7 Å². The summed E-state index contributed by atoms with van der Waals surface area (Å²) in [6.45, 7) is 7.61. The number of carboxylic acid groups (broad SMARTS) is 1. The number of nitrogens with zero attached hydrogens (tertiary/aromatic N) is 2. The van der Waals surface area contributed by atoms with Gasteiger partial charge in [-0.15, -0.1) is 0 Å². The number of aliphatic carboxylic acids is 1. The Labute approximate surface area is 257 Å². The molecular formula is C35H31F3N4O3. The Morgan fingerprint density at radius 1 is 0.822 bits per heavy atom. The zero-order valence-electron chi connectivity index (χ0n) is 24.9. The first-order chi connectivity index (χ1) is 21.5. The van der Waals surface area contributed by atoms with Gasteiger partial charge in [0.1, 0.15) is 11.6 Å². The quantitative estimate of drug-likeness (QED) is 0.167. The van der Waals surface area contributed by atoms with Crippen molar-refractivity contribution in [3.05, 3.63) is 119 Å². The molecule has 10 heteroatoms. The van der Waals surface area contributed by atoms with Gasteiger partial charge in [0.15, 0.2) is 0 Å². The average molecular weight is 613 g/mol. The monoisotopic (exact) mass is 612 g/mol. The number of para-hydroxylation sites is 1. The summed E-state index contributed by atoms with van der Waals surface area (Å²) in [7, 11) is 0. The SMILES string of the molecule is Cc1noc(C)c1-c1cccc(CNCc2cccc(-c3ccc(-c4nc5c(C)cccc5[nH]4)cc3)c2)c1.O=C(O)C(F)(F)F. The van der Waals surface area contributed by atoms with E-state index in [1.165, 1.54) is 27.8 Å². The molecule has 0 fully saturated rings. The van der Waals surface area contributed by atoms with Gasteiger partial charge in [0, 0.05) is 24.2 Å². The minimum absolute atomic E-state index is 0.785. The normalized spacial score (nSPS) is 11.3. The Balaban J connectivity index is 0.000000515. The Morgan fingerprint density at radius 3 is 1.98 bits per heavy atom. The highest BCUT2D eigenvalue weighted by atomic mass is 19.4. The van der Waals surface area contributed by atoms with Gasteiger partial charge < -0.3 is 19.9 Å². The largest absolute Gasteiger partial charge is 0.490 e. The number of halogens is 3. The smallest absolute Gasteiger partial charge is 0.475 e. The van der Waals surface area contributed by atoms with E-state index in [2.05, 4.69) is 113 Å². The lowest BCUT2D eigenvalue weighted by atomic mass is 10.0. The molecule has 3 N–H and O–H groups in total. The van der Waals surface area contributed by atoms with E-state index >= 15 is 0 Å². The number of aryl methyl sites for hydroxylation is 3. The molecule has 45 heavy (non-hydrogen) atoms. The van der Waals surface area contributed by atoms with Crippen LogP contribution < -0.4 is 5.32 Å². The van der Waals surface area contributed by atoms with Crippen molar-refractivity contribution in [2.45, 2.75) is 40.0 Å². The number of alkyl halides is 3. The summed E-state index contributed by atoms with van der Waals surface area (Å²) < 4.78 is 37.1. The number of aromatic nitrogens is 3. The van der Waals surface area contributed by atoms with Gasteiger partial charge in [0.2, 0.25) is 0 Å². The molecule has 2 aromatic heterocycles. The van der Waals surface area contributed by atoms with Gasteiger partial charge in [0.05, 0.1) is 16.7 Å². The number of carbonyl (C=O) groups is 1. The number of nitrogens with one attached hydrogen (secondary N) is 2. The third-order valence-electron chi connectivity index (χ3n) is 7.28. The van der Waals surface area contributed by atoms with Gasteiger partial charge in [-0.1, -0.05) is 78.0 Å². The first-order valence-electron chi connectivity index (χ1n) is 14.2. The van der Waals surface area contributed by atoms with Gasteiger partial charge >= 0.3 is 12.1 Å². The molecule has 2 heterocycles. The average Bonchev–Trinajstić information content (AvgIpc) is 3.61. The summed E-state index contributed by atoms with van der Waals surface area (Å²) in [6.07, 6.45) is -5.08. The highest BCUT2D eigenvalue weighted by Crippen LogP contribution is 2.28.